The zero-order valence-corrected chi connectivity index (χ0v) is 21.6. The normalized spacial score (nSPS) is 16.3. The fourth-order valence-electron chi connectivity index (χ4n) is 4.82. The molecule has 2 aromatic carbocycles. The summed E-state index contributed by atoms with van der Waals surface area (Å²) < 4.78 is 7.57. The molecule has 8 heteroatoms. The number of rotatable bonds is 7. The Morgan fingerprint density at radius 1 is 0.914 bits per heavy atom. The molecule has 0 unspecified atom stereocenters. The summed E-state index contributed by atoms with van der Waals surface area (Å²) in [6.45, 7) is 6.71. The molecule has 6 nitrogen and oxygen atoms in total. The standard InChI is InChI=1S/C27H32N4O2.2ClH/c32-27(30-17-19-33-20-18-30)24-9-6-10-25-26(24)28-21-31(25)14-5-4-13-29-15-11-23(12-16-29)22-7-2-1-3-8-22;;/h1-3,6-11,21H,4-5,12-20H2;2*1H. The van der Waals surface area contributed by atoms with Crippen LogP contribution in [0.1, 0.15) is 35.2 Å². The molecule has 3 heterocycles. The highest BCUT2D eigenvalue weighted by atomic mass is 35.5. The largest absolute Gasteiger partial charge is 0.378 e. The smallest absolute Gasteiger partial charge is 0.256 e. The van der Waals surface area contributed by atoms with E-state index in [9.17, 15) is 4.79 Å². The molecule has 188 valence electrons. The van der Waals surface area contributed by atoms with Gasteiger partial charge in [-0.15, -0.1) is 24.8 Å². The van der Waals surface area contributed by atoms with Gasteiger partial charge in [-0.25, -0.2) is 4.98 Å². The second-order valence-corrected chi connectivity index (χ2v) is 8.87. The number of amides is 1. The van der Waals surface area contributed by atoms with Crippen molar-refractivity contribution in [1.82, 2.24) is 19.4 Å². The Bertz CT molecular complexity index is 1130. The number of halogens is 2. The Labute approximate surface area is 219 Å². The van der Waals surface area contributed by atoms with Crippen LogP contribution in [0.25, 0.3) is 16.6 Å². The van der Waals surface area contributed by atoms with Crippen LogP contribution >= 0.6 is 24.8 Å². The van der Waals surface area contributed by atoms with E-state index in [1.54, 1.807) is 0 Å². The van der Waals surface area contributed by atoms with Gasteiger partial charge in [-0.1, -0.05) is 42.5 Å². The lowest BCUT2D eigenvalue weighted by Gasteiger charge is -2.27. The van der Waals surface area contributed by atoms with Gasteiger partial charge in [0, 0.05) is 32.7 Å². The number of unbranched alkanes of at least 4 members (excludes halogenated alkanes) is 1. The van der Waals surface area contributed by atoms with E-state index < -0.39 is 0 Å². The molecular formula is C27H34Cl2N4O2. The minimum Gasteiger partial charge on any atom is -0.378 e. The quantitative estimate of drug-likeness (QED) is 0.418. The predicted octanol–water partition coefficient (Wildman–Crippen LogP) is 4.92. The highest BCUT2D eigenvalue weighted by Crippen LogP contribution is 2.23. The highest BCUT2D eigenvalue weighted by Gasteiger charge is 2.21. The van der Waals surface area contributed by atoms with Gasteiger partial charge >= 0.3 is 0 Å². The Balaban J connectivity index is 0.00000171. The minimum absolute atomic E-state index is 0. The van der Waals surface area contributed by atoms with Gasteiger partial charge < -0.3 is 14.2 Å². The first-order valence-electron chi connectivity index (χ1n) is 12.1. The molecule has 0 atom stereocenters. The molecule has 1 aromatic heterocycles. The number of morpholine rings is 1. The molecule has 1 fully saturated rings. The van der Waals surface area contributed by atoms with Crippen molar-refractivity contribution in [3.05, 3.63) is 72.1 Å². The molecule has 2 aliphatic heterocycles. The zero-order valence-electron chi connectivity index (χ0n) is 20.0. The maximum atomic E-state index is 13.0. The van der Waals surface area contributed by atoms with Crippen LogP contribution in [0.3, 0.4) is 0 Å². The van der Waals surface area contributed by atoms with Crippen LogP contribution in [0.2, 0.25) is 0 Å². The maximum absolute atomic E-state index is 13.0. The summed E-state index contributed by atoms with van der Waals surface area (Å²) >= 11 is 0. The molecule has 0 N–H and O–H groups in total. The number of carbonyl (C=O) groups excluding carboxylic acids is 1. The van der Waals surface area contributed by atoms with E-state index in [2.05, 4.69) is 56.9 Å². The highest BCUT2D eigenvalue weighted by molar-refractivity contribution is 6.05. The summed E-state index contributed by atoms with van der Waals surface area (Å²) in [4.78, 5) is 22.0. The topological polar surface area (TPSA) is 50.6 Å². The first kappa shape index (κ1) is 27.2. The van der Waals surface area contributed by atoms with Crippen LogP contribution in [-0.2, 0) is 11.3 Å². The van der Waals surface area contributed by atoms with Crippen LogP contribution < -0.4 is 0 Å². The lowest BCUT2D eigenvalue weighted by atomic mass is 9.99. The maximum Gasteiger partial charge on any atom is 0.256 e. The monoisotopic (exact) mass is 516 g/mol. The second kappa shape index (κ2) is 13.1. The van der Waals surface area contributed by atoms with E-state index in [4.69, 9.17) is 4.74 Å². The lowest BCUT2D eigenvalue weighted by molar-refractivity contribution is 0.0304. The van der Waals surface area contributed by atoms with Crippen molar-refractivity contribution in [2.75, 3.05) is 45.9 Å². The molecule has 0 aliphatic carbocycles. The van der Waals surface area contributed by atoms with Gasteiger partial charge in [-0.05, 0) is 49.1 Å². The summed E-state index contributed by atoms with van der Waals surface area (Å²) in [5.41, 5.74) is 5.38. The van der Waals surface area contributed by atoms with E-state index in [1.165, 1.54) is 11.1 Å². The molecule has 1 saturated heterocycles. The SMILES string of the molecule is Cl.Cl.O=C(c1cccc2c1ncn2CCCCN1CC=C(c2ccccc2)CC1)N1CCOCC1. The van der Waals surface area contributed by atoms with Crippen molar-refractivity contribution in [2.45, 2.75) is 25.8 Å². The fourth-order valence-corrected chi connectivity index (χ4v) is 4.82. The number of aromatic nitrogens is 2. The number of imidazole rings is 1. The summed E-state index contributed by atoms with van der Waals surface area (Å²) in [6.07, 6.45) is 7.64. The molecule has 3 aromatic rings. The van der Waals surface area contributed by atoms with Crippen molar-refractivity contribution in [3.63, 3.8) is 0 Å². The Kier molecular flexibility index (Phi) is 10.2. The number of para-hydroxylation sites is 1. The number of hydrogen-bond donors (Lipinski definition) is 0. The fraction of sp³-hybridized carbons (Fsp3) is 0.407. The van der Waals surface area contributed by atoms with Crippen molar-refractivity contribution < 1.29 is 9.53 Å². The van der Waals surface area contributed by atoms with Gasteiger partial charge in [0.15, 0.2) is 0 Å². The Hall–Kier alpha value is -2.38. The first-order valence-corrected chi connectivity index (χ1v) is 12.1. The van der Waals surface area contributed by atoms with Gasteiger partial charge in [-0.2, -0.15) is 0 Å². The lowest BCUT2D eigenvalue weighted by Crippen LogP contribution is -2.40. The van der Waals surface area contributed by atoms with Crippen LogP contribution in [0.5, 0.6) is 0 Å². The molecular weight excluding hydrogens is 483 g/mol. The number of carbonyl (C=O) groups is 1. The predicted molar refractivity (Wildman–Crippen MR) is 146 cm³/mol. The van der Waals surface area contributed by atoms with Gasteiger partial charge in [0.05, 0.1) is 30.6 Å². The van der Waals surface area contributed by atoms with Crippen molar-refractivity contribution in [3.8, 4) is 0 Å². The van der Waals surface area contributed by atoms with Crippen LogP contribution in [0, 0.1) is 0 Å². The van der Waals surface area contributed by atoms with Gasteiger partial charge in [0.25, 0.3) is 5.91 Å². The third-order valence-electron chi connectivity index (χ3n) is 6.74. The molecule has 0 spiro atoms. The van der Waals surface area contributed by atoms with Crippen LogP contribution in [0.15, 0.2) is 60.9 Å². The number of nitrogens with zero attached hydrogens (tertiary/aromatic N) is 4. The first-order chi connectivity index (χ1) is 16.3. The van der Waals surface area contributed by atoms with Gasteiger partial charge in [0.2, 0.25) is 0 Å². The molecule has 0 saturated carbocycles. The Morgan fingerprint density at radius 2 is 1.69 bits per heavy atom. The average molecular weight is 518 g/mol. The van der Waals surface area contributed by atoms with Crippen LogP contribution in [-0.4, -0.2) is 71.2 Å². The van der Waals surface area contributed by atoms with E-state index in [0.717, 1.165) is 56.5 Å². The Morgan fingerprint density at radius 3 is 2.43 bits per heavy atom. The van der Waals surface area contributed by atoms with E-state index in [0.29, 0.717) is 31.9 Å². The molecule has 5 rings (SSSR count). The van der Waals surface area contributed by atoms with E-state index in [-0.39, 0.29) is 30.7 Å². The summed E-state index contributed by atoms with van der Waals surface area (Å²) in [7, 11) is 0. The van der Waals surface area contributed by atoms with E-state index in [1.807, 2.05) is 23.4 Å². The van der Waals surface area contributed by atoms with Gasteiger partial charge in [0.1, 0.15) is 5.52 Å². The average Bonchev–Trinajstić information content (AvgIpc) is 3.31. The molecule has 35 heavy (non-hydrogen) atoms. The number of hydrogen-bond acceptors (Lipinski definition) is 4. The third-order valence-corrected chi connectivity index (χ3v) is 6.74. The number of fused-ring (bicyclic) bond motifs is 1. The minimum atomic E-state index is 0. The molecule has 0 radical (unpaired) electrons. The number of aryl methyl sites for hydroxylation is 1. The van der Waals surface area contributed by atoms with Crippen molar-refractivity contribution in [1.29, 1.82) is 0 Å². The number of ether oxygens (including phenoxy) is 1. The summed E-state index contributed by atoms with van der Waals surface area (Å²) in [6, 6.07) is 16.6. The molecule has 1 amide bonds. The van der Waals surface area contributed by atoms with Crippen molar-refractivity contribution >= 4 is 47.3 Å². The second-order valence-electron chi connectivity index (χ2n) is 8.87. The summed E-state index contributed by atoms with van der Waals surface area (Å²) in [5, 5.41) is 0. The summed E-state index contributed by atoms with van der Waals surface area (Å²) in [5.74, 6) is 0.0576. The van der Waals surface area contributed by atoms with Crippen molar-refractivity contribution in [2.24, 2.45) is 0 Å². The van der Waals surface area contributed by atoms with Crippen LogP contribution in [0.4, 0.5) is 0 Å². The van der Waals surface area contributed by atoms with E-state index >= 15 is 0 Å². The number of benzene rings is 2. The zero-order chi connectivity index (χ0) is 22.5. The molecule has 0 bridgehead atoms. The third kappa shape index (κ3) is 6.44. The van der Waals surface area contributed by atoms with Gasteiger partial charge in [-0.3, -0.25) is 9.69 Å². The molecule has 2 aliphatic rings.